The molecular weight excluding hydrogens is 380 g/mol. The topological polar surface area (TPSA) is 67.3 Å². The molecule has 0 spiro atoms. The van der Waals surface area contributed by atoms with E-state index in [1.807, 2.05) is 47.4 Å². The minimum absolute atomic E-state index is 0.102. The first-order chi connectivity index (χ1) is 13.2. The quantitative estimate of drug-likeness (QED) is 0.634. The van der Waals surface area contributed by atoms with Gasteiger partial charge in [-0.25, -0.2) is 0 Å². The molecule has 1 N–H and O–H groups in total. The number of rotatable bonds is 6. The second-order valence-electron chi connectivity index (χ2n) is 5.94. The molecule has 1 aliphatic heterocycles. The molecule has 0 atom stereocenters. The number of nitrogens with one attached hydrogen (secondary N) is 1. The predicted octanol–water partition coefficient (Wildman–Crippen LogP) is 3.97. The summed E-state index contributed by atoms with van der Waals surface area (Å²) in [6.07, 6.45) is 0.918. The molecule has 1 amide bonds. The fourth-order valence-electron chi connectivity index (χ4n) is 2.92. The highest BCUT2D eigenvalue weighted by molar-refractivity contribution is 8.01. The lowest BCUT2D eigenvalue weighted by Crippen LogP contribution is -2.30. The number of ether oxygens (including phenoxy) is 1. The minimum atomic E-state index is 0.102. The maximum Gasteiger partial charge on any atom is 0.237 e. The van der Waals surface area contributed by atoms with E-state index in [9.17, 15) is 4.79 Å². The van der Waals surface area contributed by atoms with Crippen molar-refractivity contribution in [2.24, 2.45) is 0 Å². The molecule has 0 unspecified atom stereocenters. The highest BCUT2D eigenvalue weighted by Gasteiger charge is 2.24. The van der Waals surface area contributed by atoms with E-state index in [-0.39, 0.29) is 5.91 Å². The Labute approximate surface area is 165 Å². The molecule has 3 aromatic rings. The highest BCUT2D eigenvalue weighted by Crippen LogP contribution is 2.31. The van der Waals surface area contributed by atoms with Crippen LogP contribution in [0, 0.1) is 0 Å². The van der Waals surface area contributed by atoms with Gasteiger partial charge in [0.25, 0.3) is 0 Å². The summed E-state index contributed by atoms with van der Waals surface area (Å²) in [6.45, 7) is 0.749. The van der Waals surface area contributed by atoms with Crippen molar-refractivity contribution >= 4 is 45.5 Å². The van der Waals surface area contributed by atoms with E-state index < -0.39 is 0 Å². The molecule has 0 fully saturated rings. The van der Waals surface area contributed by atoms with Crippen molar-refractivity contribution in [1.82, 2.24) is 10.2 Å². The van der Waals surface area contributed by atoms with Crippen LogP contribution in [-0.2, 0) is 11.2 Å². The van der Waals surface area contributed by atoms with Crippen LogP contribution >= 0.6 is 23.1 Å². The maximum atomic E-state index is 12.6. The van der Waals surface area contributed by atoms with Crippen LogP contribution in [0.15, 0.2) is 52.9 Å². The number of nitrogens with zero attached hydrogens (tertiary/aromatic N) is 3. The summed E-state index contributed by atoms with van der Waals surface area (Å²) in [5.41, 5.74) is 3.17. The third-order valence-electron chi connectivity index (χ3n) is 4.26. The Bertz CT molecular complexity index is 943. The van der Waals surface area contributed by atoms with E-state index in [0.29, 0.717) is 10.9 Å². The number of anilines is 3. The Morgan fingerprint density at radius 3 is 2.85 bits per heavy atom. The largest absolute Gasteiger partial charge is 0.497 e. The van der Waals surface area contributed by atoms with Crippen LogP contribution in [0.1, 0.15) is 5.56 Å². The number of carbonyl (C=O) groups excluding carboxylic acids is 1. The fraction of sp³-hybridized carbons (Fsp3) is 0.211. The summed E-state index contributed by atoms with van der Waals surface area (Å²) >= 11 is 2.86. The average Bonchev–Trinajstić information content (AvgIpc) is 3.33. The van der Waals surface area contributed by atoms with Crippen molar-refractivity contribution < 1.29 is 9.53 Å². The fourth-order valence-corrected chi connectivity index (χ4v) is 4.56. The number of benzene rings is 2. The van der Waals surface area contributed by atoms with Gasteiger partial charge in [0, 0.05) is 17.9 Å². The maximum absolute atomic E-state index is 12.6. The molecule has 4 rings (SSSR count). The van der Waals surface area contributed by atoms with Crippen LogP contribution in [0.25, 0.3) is 0 Å². The number of hydrogen-bond acceptors (Lipinski definition) is 7. The third kappa shape index (κ3) is 4.06. The monoisotopic (exact) mass is 398 g/mol. The molecule has 0 saturated heterocycles. The summed E-state index contributed by atoms with van der Waals surface area (Å²) in [6, 6.07) is 15.7. The van der Waals surface area contributed by atoms with Gasteiger partial charge in [-0.1, -0.05) is 41.3 Å². The Morgan fingerprint density at radius 1 is 1.22 bits per heavy atom. The molecule has 0 radical (unpaired) electrons. The molecule has 0 bridgehead atoms. The zero-order valence-corrected chi connectivity index (χ0v) is 16.3. The zero-order valence-electron chi connectivity index (χ0n) is 14.7. The molecule has 0 saturated carbocycles. The molecule has 1 aromatic heterocycles. The van der Waals surface area contributed by atoms with Gasteiger partial charge >= 0.3 is 0 Å². The van der Waals surface area contributed by atoms with Gasteiger partial charge in [-0.05, 0) is 42.3 Å². The van der Waals surface area contributed by atoms with Crippen molar-refractivity contribution in [3.8, 4) is 5.75 Å². The average molecular weight is 399 g/mol. The predicted molar refractivity (Wildman–Crippen MR) is 109 cm³/mol. The Kier molecular flexibility index (Phi) is 5.26. The second-order valence-corrected chi connectivity index (χ2v) is 8.14. The van der Waals surface area contributed by atoms with Crippen molar-refractivity contribution in [3.05, 3.63) is 54.1 Å². The summed E-state index contributed by atoms with van der Waals surface area (Å²) < 4.78 is 5.92. The number of para-hydroxylation sites is 1. The third-order valence-corrected chi connectivity index (χ3v) is 6.21. The molecule has 138 valence electrons. The van der Waals surface area contributed by atoms with Crippen molar-refractivity contribution in [3.63, 3.8) is 0 Å². The number of carbonyl (C=O) groups is 1. The number of hydrogen-bond donors (Lipinski definition) is 1. The van der Waals surface area contributed by atoms with Crippen molar-refractivity contribution in [1.29, 1.82) is 0 Å². The number of amides is 1. The van der Waals surface area contributed by atoms with Crippen LogP contribution in [0.4, 0.5) is 16.5 Å². The van der Waals surface area contributed by atoms with Gasteiger partial charge in [0.15, 0.2) is 4.34 Å². The Balaban J connectivity index is 1.33. The van der Waals surface area contributed by atoms with Crippen molar-refractivity contribution in [2.45, 2.75) is 10.8 Å². The van der Waals surface area contributed by atoms with Gasteiger partial charge in [-0.15, -0.1) is 10.2 Å². The van der Waals surface area contributed by atoms with Gasteiger partial charge in [-0.3, -0.25) is 4.79 Å². The first-order valence-electron chi connectivity index (χ1n) is 8.48. The van der Waals surface area contributed by atoms with Crippen molar-refractivity contribution in [2.75, 3.05) is 29.6 Å². The molecular formula is C19H18N4O2S2. The van der Waals surface area contributed by atoms with E-state index in [2.05, 4.69) is 21.6 Å². The SMILES string of the molecule is COc1ccc(Nc2nnc(SCC(=O)N3CCc4ccccc43)s2)cc1. The zero-order chi connectivity index (χ0) is 18.6. The van der Waals surface area contributed by atoms with E-state index in [0.717, 1.165) is 34.4 Å². The normalized spacial score (nSPS) is 12.7. The highest BCUT2D eigenvalue weighted by atomic mass is 32.2. The second kappa shape index (κ2) is 7.98. The first kappa shape index (κ1) is 17.8. The molecule has 1 aliphatic rings. The lowest BCUT2D eigenvalue weighted by Gasteiger charge is -2.16. The summed E-state index contributed by atoms with van der Waals surface area (Å²) in [7, 11) is 1.64. The van der Waals surface area contributed by atoms with Gasteiger partial charge in [0.05, 0.1) is 12.9 Å². The summed E-state index contributed by atoms with van der Waals surface area (Å²) in [5.74, 6) is 1.26. The van der Waals surface area contributed by atoms with E-state index >= 15 is 0 Å². The van der Waals surface area contributed by atoms with E-state index in [1.165, 1.54) is 28.7 Å². The number of fused-ring (bicyclic) bond motifs is 1. The summed E-state index contributed by atoms with van der Waals surface area (Å²) in [4.78, 5) is 14.4. The van der Waals surface area contributed by atoms with Crippen LogP contribution in [0.2, 0.25) is 0 Å². The first-order valence-corrected chi connectivity index (χ1v) is 10.3. The van der Waals surface area contributed by atoms with E-state index in [1.54, 1.807) is 7.11 Å². The molecule has 0 aliphatic carbocycles. The van der Waals surface area contributed by atoms with Crippen LogP contribution in [0.5, 0.6) is 5.75 Å². The van der Waals surface area contributed by atoms with Crippen LogP contribution in [0.3, 0.4) is 0 Å². The Morgan fingerprint density at radius 2 is 2.04 bits per heavy atom. The van der Waals surface area contributed by atoms with Gasteiger partial charge < -0.3 is 15.0 Å². The van der Waals surface area contributed by atoms with E-state index in [4.69, 9.17) is 4.74 Å². The number of thioether (sulfide) groups is 1. The van der Waals surface area contributed by atoms with Gasteiger partial charge in [0.2, 0.25) is 11.0 Å². The number of aromatic nitrogens is 2. The molecule has 6 nitrogen and oxygen atoms in total. The lowest BCUT2D eigenvalue weighted by molar-refractivity contribution is -0.116. The van der Waals surface area contributed by atoms with Gasteiger partial charge in [-0.2, -0.15) is 0 Å². The summed E-state index contributed by atoms with van der Waals surface area (Å²) in [5, 5.41) is 12.2. The number of methoxy groups -OCH3 is 1. The molecule has 2 aromatic carbocycles. The smallest absolute Gasteiger partial charge is 0.237 e. The van der Waals surface area contributed by atoms with Crippen LogP contribution in [-0.4, -0.2) is 35.5 Å². The standard InChI is InChI=1S/C19H18N4O2S2/c1-25-15-8-6-14(7-9-15)20-18-21-22-19(27-18)26-12-17(24)23-11-10-13-4-2-3-5-16(13)23/h2-9H,10-12H2,1H3,(H,20,21). The molecule has 2 heterocycles. The van der Waals surface area contributed by atoms with Crippen LogP contribution < -0.4 is 15.0 Å². The lowest BCUT2D eigenvalue weighted by atomic mass is 10.2. The van der Waals surface area contributed by atoms with Gasteiger partial charge in [0.1, 0.15) is 5.75 Å². The molecule has 27 heavy (non-hydrogen) atoms. The Hall–Kier alpha value is -2.58. The molecule has 8 heteroatoms. The minimum Gasteiger partial charge on any atom is -0.497 e.